The van der Waals surface area contributed by atoms with Gasteiger partial charge in [0.1, 0.15) is 0 Å². The molecule has 1 unspecified atom stereocenters. The maximum absolute atomic E-state index is 12.4. The van der Waals surface area contributed by atoms with E-state index in [4.69, 9.17) is 33.4 Å². The van der Waals surface area contributed by atoms with Crippen LogP contribution in [0.4, 0.5) is 0 Å². The molecule has 5 rings (SSSR count). The molecular weight excluding hydrogens is 535 g/mol. The summed E-state index contributed by atoms with van der Waals surface area (Å²) in [6.45, 7) is 4.17. The van der Waals surface area contributed by atoms with Gasteiger partial charge in [0.05, 0.1) is 23.9 Å². The van der Waals surface area contributed by atoms with E-state index in [1.807, 2.05) is 48.1 Å². The topological polar surface area (TPSA) is 100 Å². The summed E-state index contributed by atoms with van der Waals surface area (Å²) in [6.07, 6.45) is 1.79. The highest BCUT2D eigenvalue weighted by molar-refractivity contribution is 6.35. The minimum absolute atomic E-state index is 0.0734. The average Bonchev–Trinajstić information content (AvgIpc) is 3.51. The van der Waals surface area contributed by atoms with Crippen LogP contribution >= 0.6 is 23.2 Å². The van der Waals surface area contributed by atoms with Gasteiger partial charge in [-0.2, -0.15) is 5.10 Å². The summed E-state index contributed by atoms with van der Waals surface area (Å²) in [5, 5.41) is 18.6. The predicted octanol–water partition coefficient (Wildman–Crippen LogP) is 7.13. The van der Waals surface area contributed by atoms with Crippen molar-refractivity contribution in [3.8, 4) is 22.5 Å². The molecule has 0 aliphatic rings. The van der Waals surface area contributed by atoms with Crippen LogP contribution in [0.3, 0.4) is 0 Å². The van der Waals surface area contributed by atoms with E-state index in [1.165, 1.54) is 0 Å². The zero-order valence-corrected chi connectivity index (χ0v) is 22.8. The molecule has 5 aromatic rings. The van der Waals surface area contributed by atoms with Crippen LogP contribution in [0.2, 0.25) is 10.0 Å². The number of H-pyrrole nitrogens is 1. The molecule has 3 N–H and O–H groups in total. The monoisotopic (exact) mass is 560 g/mol. The maximum Gasteiger partial charge on any atom is 0.305 e. The molecule has 0 aliphatic carbocycles. The normalized spacial score (nSPS) is 12.0. The summed E-state index contributed by atoms with van der Waals surface area (Å²) in [5.41, 5.74) is 7.05. The largest absolute Gasteiger partial charge is 0.481 e. The number of amides is 1. The highest BCUT2D eigenvalue weighted by Gasteiger charge is 2.23. The fourth-order valence-electron chi connectivity index (χ4n) is 4.75. The number of hydrogen-bond acceptors (Lipinski definition) is 3. The molecular formula is C30H26Cl2N4O3. The number of hydrogen-bond donors (Lipinski definition) is 3. The number of carbonyl (C=O) groups excluding carboxylic acids is 1. The minimum atomic E-state index is -0.958. The van der Waals surface area contributed by atoms with Crippen molar-refractivity contribution in [2.24, 2.45) is 0 Å². The van der Waals surface area contributed by atoms with Crippen LogP contribution < -0.4 is 5.32 Å². The Morgan fingerprint density at radius 1 is 1.00 bits per heavy atom. The molecule has 0 spiro atoms. The Hall–Kier alpha value is -4.07. The van der Waals surface area contributed by atoms with Crippen LogP contribution in [0.15, 0.2) is 72.9 Å². The van der Waals surface area contributed by atoms with Gasteiger partial charge in [-0.15, -0.1) is 0 Å². The fraction of sp³-hybridized carbons (Fsp3) is 0.167. The van der Waals surface area contributed by atoms with Gasteiger partial charge in [0.2, 0.25) is 0 Å². The molecule has 3 aromatic carbocycles. The average molecular weight is 561 g/mol. The molecule has 2 aromatic heterocycles. The number of rotatable bonds is 8. The van der Waals surface area contributed by atoms with E-state index < -0.39 is 5.97 Å². The number of fused-ring (bicyclic) bond motifs is 1. The molecule has 0 fully saturated rings. The molecule has 198 valence electrons. The van der Waals surface area contributed by atoms with Gasteiger partial charge in [-0.25, -0.2) is 0 Å². The first-order valence-corrected chi connectivity index (χ1v) is 13.2. The third kappa shape index (κ3) is 5.55. The Kier molecular flexibility index (Phi) is 7.46. The van der Waals surface area contributed by atoms with Crippen LogP contribution in [-0.2, 0) is 4.79 Å². The van der Waals surface area contributed by atoms with Crippen molar-refractivity contribution in [1.29, 1.82) is 0 Å². The molecule has 39 heavy (non-hydrogen) atoms. The third-order valence-corrected chi connectivity index (χ3v) is 7.19. The number of aromatic amines is 1. The molecule has 0 saturated carbocycles. The van der Waals surface area contributed by atoms with Crippen LogP contribution in [0.5, 0.6) is 0 Å². The summed E-state index contributed by atoms with van der Waals surface area (Å²) in [5.74, 6) is -1.27. The lowest BCUT2D eigenvalue weighted by Crippen LogP contribution is -2.26. The number of benzene rings is 3. The number of nitrogens with one attached hydrogen (secondary N) is 2. The van der Waals surface area contributed by atoms with Gasteiger partial charge in [0.15, 0.2) is 0 Å². The second-order valence-electron chi connectivity index (χ2n) is 9.40. The van der Waals surface area contributed by atoms with Crippen molar-refractivity contribution in [2.45, 2.75) is 26.3 Å². The minimum Gasteiger partial charge on any atom is -0.481 e. The summed E-state index contributed by atoms with van der Waals surface area (Å²) < 4.78 is 2.00. The number of carboxylic acids is 1. The predicted molar refractivity (Wildman–Crippen MR) is 155 cm³/mol. The van der Waals surface area contributed by atoms with Gasteiger partial charge in [0, 0.05) is 55.9 Å². The van der Waals surface area contributed by atoms with Crippen molar-refractivity contribution in [3.05, 3.63) is 99.7 Å². The van der Waals surface area contributed by atoms with E-state index in [0.29, 0.717) is 15.6 Å². The number of aromatic nitrogens is 3. The van der Waals surface area contributed by atoms with Crippen LogP contribution in [0.1, 0.15) is 40.9 Å². The van der Waals surface area contributed by atoms with E-state index >= 15 is 0 Å². The van der Waals surface area contributed by atoms with E-state index in [1.54, 1.807) is 18.2 Å². The number of nitrogens with zero attached hydrogens (tertiary/aromatic N) is 2. The highest BCUT2D eigenvalue weighted by Crippen LogP contribution is 2.37. The maximum atomic E-state index is 12.4. The van der Waals surface area contributed by atoms with Gasteiger partial charge in [-0.05, 0) is 67.9 Å². The van der Waals surface area contributed by atoms with Crippen molar-refractivity contribution in [3.63, 3.8) is 0 Å². The third-order valence-electron chi connectivity index (χ3n) is 6.76. The van der Waals surface area contributed by atoms with E-state index in [9.17, 15) is 9.59 Å². The van der Waals surface area contributed by atoms with Gasteiger partial charge in [-0.1, -0.05) is 41.4 Å². The number of carboxylic acid groups (broad SMARTS) is 1. The first-order valence-electron chi connectivity index (χ1n) is 12.4. The molecule has 2 heterocycles. The first-order chi connectivity index (χ1) is 18.7. The first kappa shape index (κ1) is 26.5. The van der Waals surface area contributed by atoms with E-state index in [2.05, 4.69) is 35.4 Å². The van der Waals surface area contributed by atoms with Crippen molar-refractivity contribution in [2.75, 3.05) is 6.54 Å². The zero-order chi connectivity index (χ0) is 27.7. The molecule has 0 saturated heterocycles. The van der Waals surface area contributed by atoms with Gasteiger partial charge < -0.3 is 15.4 Å². The molecule has 0 bridgehead atoms. The van der Waals surface area contributed by atoms with Crippen molar-refractivity contribution < 1.29 is 14.7 Å². The highest BCUT2D eigenvalue weighted by atomic mass is 35.5. The fourth-order valence-corrected chi connectivity index (χ4v) is 5.28. The lowest BCUT2D eigenvalue weighted by molar-refractivity contribution is -0.136. The Bertz CT molecular complexity index is 1670. The number of aliphatic carboxylic acids is 1. The Balaban J connectivity index is 1.55. The zero-order valence-electron chi connectivity index (χ0n) is 21.3. The SMILES string of the molecule is Cc1c(-c2cc(Cl)cc(Cl)c2)nn(C(C)c2ccc(C(=O)NCCC(=O)O)cc2)c1-c1ccc2[nH]ccc2c1. The van der Waals surface area contributed by atoms with Crippen LogP contribution in [-0.4, -0.2) is 38.3 Å². The van der Waals surface area contributed by atoms with Gasteiger partial charge >= 0.3 is 5.97 Å². The second kappa shape index (κ2) is 11.0. The molecule has 0 aliphatic heterocycles. The van der Waals surface area contributed by atoms with E-state index in [0.717, 1.165) is 44.5 Å². The number of carbonyl (C=O) groups is 2. The Labute approximate surface area is 235 Å². The molecule has 0 radical (unpaired) electrons. The number of halogens is 2. The standard InChI is InChI=1S/C30H26Cl2N4O3/c1-17-28(23-14-24(31)16-25(32)15-23)35-36(29(17)22-7-8-26-21(13-22)9-11-33-26)18(2)19-3-5-20(6-4-19)30(39)34-12-10-27(37)38/h3-9,11,13-16,18,33H,10,12H2,1-2H3,(H,34,39)(H,37,38). The molecule has 1 atom stereocenters. The Morgan fingerprint density at radius 2 is 1.72 bits per heavy atom. The summed E-state index contributed by atoms with van der Waals surface area (Å²) >= 11 is 12.7. The van der Waals surface area contributed by atoms with Gasteiger partial charge in [-0.3, -0.25) is 14.3 Å². The lowest BCUT2D eigenvalue weighted by Gasteiger charge is -2.17. The summed E-state index contributed by atoms with van der Waals surface area (Å²) in [4.78, 5) is 26.4. The van der Waals surface area contributed by atoms with Crippen LogP contribution in [0, 0.1) is 6.92 Å². The quantitative estimate of drug-likeness (QED) is 0.188. The molecule has 7 nitrogen and oxygen atoms in total. The molecule has 9 heteroatoms. The summed E-state index contributed by atoms with van der Waals surface area (Å²) in [7, 11) is 0. The lowest BCUT2D eigenvalue weighted by atomic mass is 10.0. The van der Waals surface area contributed by atoms with Crippen LogP contribution in [0.25, 0.3) is 33.4 Å². The Morgan fingerprint density at radius 3 is 2.41 bits per heavy atom. The van der Waals surface area contributed by atoms with Gasteiger partial charge in [0.25, 0.3) is 5.91 Å². The van der Waals surface area contributed by atoms with Crippen molar-refractivity contribution in [1.82, 2.24) is 20.1 Å². The second-order valence-corrected chi connectivity index (χ2v) is 10.3. The van der Waals surface area contributed by atoms with E-state index in [-0.39, 0.29) is 24.9 Å². The smallest absolute Gasteiger partial charge is 0.305 e. The molecule has 1 amide bonds. The van der Waals surface area contributed by atoms with Crippen molar-refractivity contribution >= 4 is 46.0 Å². The summed E-state index contributed by atoms with van der Waals surface area (Å²) in [6, 6.07) is 20.8.